The third-order valence-corrected chi connectivity index (χ3v) is 4.45. The molecule has 0 radical (unpaired) electrons. The molecular formula is C12H16N4O3S. The first-order valence-corrected chi connectivity index (χ1v) is 7.45. The molecule has 2 rings (SSSR count). The van der Waals surface area contributed by atoms with Crippen molar-refractivity contribution in [3.63, 3.8) is 0 Å². The molecule has 0 aliphatic rings. The summed E-state index contributed by atoms with van der Waals surface area (Å²) in [6.45, 7) is 1.57. The summed E-state index contributed by atoms with van der Waals surface area (Å²) in [6.07, 6.45) is 1.33. The van der Waals surface area contributed by atoms with Crippen molar-refractivity contribution in [3.05, 3.63) is 24.4 Å². The van der Waals surface area contributed by atoms with Crippen LogP contribution in [0.4, 0.5) is 5.69 Å². The van der Waals surface area contributed by atoms with E-state index in [0.717, 1.165) is 0 Å². The van der Waals surface area contributed by atoms with Crippen molar-refractivity contribution in [2.45, 2.75) is 24.3 Å². The first-order chi connectivity index (χ1) is 9.29. The minimum atomic E-state index is -3.75. The number of hydrogen-bond donors (Lipinski definition) is 4. The fourth-order valence-corrected chi connectivity index (χ4v) is 3.42. The number of sulfonamides is 1. The third-order valence-electron chi connectivity index (χ3n) is 2.82. The van der Waals surface area contributed by atoms with E-state index in [4.69, 9.17) is 11.5 Å². The number of primary amides is 1. The highest BCUT2D eigenvalue weighted by Crippen LogP contribution is 2.24. The quantitative estimate of drug-likeness (QED) is 0.590. The van der Waals surface area contributed by atoms with Crippen LogP contribution in [0.1, 0.15) is 13.3 Å². The van der Waals surface area contributed by atoms with E-state index in [9.17, 15) is 13.2 Å². The van der Waals surface area contributed by atoms with E-state index in [1.807, 2.05) is 0 Å². The van der Waals surface area contributed by atoms with Crippen molar-refractivity contribution in [2.75, 3.05) is 5.73 Å². The van der Waals surface area contributed by atoms with Gasteiger partial charge in [-0.3, -0.25) is 4.79 Å². The summed E-state index contributed by atoms with van der Waals surface area (Å²) in [4.78, 5) is 13.8. The van der Waals surface area contributed by atoms with E-state index >= 15 is 0 Å². The molecule has 0 spiro atoms. The SMILES string of the molecule is CC(CC(N)=O)NS(=O)(=O)c1c[nH]c2ccc(N)cc12. The second kappa shape index (κ2) is 5.14. The van der Waals surface area contributed by atoms with Gasteiger partial charge >= 0.3 is 0 Å². The van der Waals surface area contributed by atoms with Gasteiger partial charge in [-0.15, -0.1) is 0 Å². The predicted octanol–water partition coefficient (Wildman–Crippen LogP) is 0.292. The Morgan fingerprint density at radius 3 is 2.80 bits per heavy atom. The molecule has 0 saturated carbocycles. The number of rotatable bonds is 5. The molecular weight excluding hydrogens is 280 g/mol. The number of nitrogens with one attached hydrogen (secondary N) is 2. The summed E-state index contributed by atoms with van der Waals surface area (Å²) in [7, 11) is -3.75. The maximum atomic E-state index is 12.3. The smallest absolute Gasteiger partial charge is 0.242 e. The number of amides is 1. The summed E-state index contributed by atoms with van der Waals surface area (Å²) in [6, 6.07) is 4.39. The zero-order valence-corrected chi connectivity index (χ0v) is 11.7. The van der Waals surface area contributed by atoms with Crippen LogP contribution < -0.4 is 16.2 Å². The van der Waals surface area contributed by atoms with Crippen molar-refractivity contribution in [3.8, 4) is 0 Å². The van der Waals surface area contributed by atoms with Crippen molar-refractivity contribution < 1.29 is 13.2 Å². The van der Waals surface area contributed by atoms with Gasteiger partial charge in [0, 0.05) is 35.2 Å². The number of carbonyl (C=O) groups excluding carboxylic acids is 1. The van der Waals surface area contributed by atoms with Gasteiger partial charge in [-0.2, -0.15) is 0 Å². The van der Waals surface area contributed by atoms with E-state index in [0.29, 0.717) is 16.6 Å². The van der Waals surface area contributed by atoms with Crippen LogP contribution in [0.2, 0.25) is 0 Å². The Morgan fingerprint density at radius 2 is 2.15 bits per heavy atom. The van der Waals surface area contributed by atoms with Crippen molar-refractivity contribution in [1.82, 2.24) is 9.71 Å². The Labute approximate surface area is 116 Å². The van der Waals surface area contributed by atoms with Gasteiger partial charge in [0.05, 0.1) is 0 Å². The predicted molar refractivity (Wildman–Crippen MR) is 76.3 cm³/mol. The molecule has 1 aromatic carbocycles. The van der Waals surface area contributed by atoms with Crippen LogP contribution in [0.3, 0.4) is 0 Å². The molecule has 1 heterocycles. The molecule has 6 N–H and O–H groups in total. The molecule has 2 aromatic rings. The molecule has 1 aromatic heterocycles. The van der Waals surface area contributed by atoms with Crippen LogP contribution in [-0.4, -0.2) is 25.4 Å². The minimum Gasteiger partial charge on any atom is -0.399 e. The molecule has 7 nitrogen and oxygen atoms in total. The molecule has 0 saturated heterocycles. The zero-order chi connectivity index (χ0) is 14.9. The van der Waals surface area contributed by atoms with Crippen LogP contribution in [0.25, 0.3) is 10.9 Å². The fraction of sp³-hybridized carbons (Fsp3) is 0.250. The molecule has 1 amide bonds. The number of nitrogen functional groups attached to an aromatic ring is 1. The molecule has 1 atom stereocenters. The molecule has 0 fully saturated rings. The Hall–Kier alpha value is -2.06. The van der Waals surface area contributed by atoms with E-state index in [1.165, 1.54) is 6.20 Å². The Kier molecular flexibility index (Phi) is 3.69. The van der Waals surface area contributed by atoms with Crippen molar-refractivity contribution in [1.29, 1.82) is 0 Å². The summed E-state index contributed by atoms with van der Waals surface area (Å²) in [5, 5.41) is 0.503. The van der Waals surface area contributed by atoms with E-state index in [1.54, 1.807) is 25.1 Å². The van der Waals surface area contributed by atoms with Crippen LogP contribution >= 0.6 is 0 Å². The van der Waals surface area contributed by atoms with Crippen LogP contribution in [-0.2, 0) is 14.8 Å². The lowest BCUT2D eigenvalue weighted by molar-refractivity contribution is -0.118. The van der Waals surface area contributed by atoms with Gasteiger partial charge in [0.25, 0.3) is 0 Å². The van der Waals surface area contributed by atoms with E-state index in [-0.39, 0.29) is 11.3 Å². The monoisotopic (exact) mass is 296 g/mol. The first-order valence-electron chi connectivity index (χ1n) is 5.97. The van der Waals surface area contributed by atoms with Crippen LogP contribution in [0.5, 0.6) is 0 Å². The Balaban J connectivity index is 2.37. The van der Waals surface area contributed by atoms with Gasteiger partial charge in [-0.1, -0.05) is 0 Å². The first kappa shape index (κ1) is 14.4. The number of H-pyrrole nitrogens is 1. The fourth-order valence-electron chi connectivity index (χ4n) is 2.01. The largest absolute Gasteiger partial charge is 0.399 e. The van der Waals surface area contributed by atoms with Gasteiger partial charge in [-0.25, -0.2) is 13.1 Å². The molecule has 108 valence electrons. The van der Waals surface area contributed by atoms with Crippen LogP contribution in [0.15, 0.2) is 29.3 Å². The van der Waals surface area contributed by atoms with E-state index < -0.39 is 22.0 Å². The van der Waals surface area contributed by atoms with Crippen molar-refractivity contribution >= 4 is 32.5 Å². The number of benzene rings is 1. The highest BCUT2D eigenvalue weighted by molar-refractivity contribution is 7.89. The lowest BCUT2D eigenvalue weighted by Crippen LogP contribution is -2.35. The topological polar surface area (TPSA) is 131 Å². The van der Waals surface area contributed by atoms with Gasteiger partial charge in [-0.05, 0) is 25.1 Å². The highest BCUT2D eigenvalue weighted by atomic mass is 32.2. The number of aromatic nitrogens is 1. The average molecular weight is 296 g/mol. The Morgan fingerprint density at radius 1 is 1.45 bits per heavy atom. The molecule has 0 bridgehead atoms. The van der Waals surface area contributed by atoms with Gasteiger partial charge < -0.3 is 16.5 Å². The number of aromatic amines is 1. The molecule has 8 heteroatoms. The van der Waals surface area contributed by atoms with Crippen molar-refractivity contribution in [2.24, 2.45) is 5.73 Å². The second-order valence-electron chi connectivity index (χ2n) is 4.65. The van der Waals surface area contributed by atoms with Crippen LogP contribution in [0, 0.1) is 0 Å². The van der Waals surface area contributed by atoms with Gasteiger partial charge in [0.1, 0.15) is 4.90 Å². The number of fused-ring (bicyclic) bond motifs is 1. The second-order valence-corrected chi connectivity index (χ2v) is 6.33. The van der Waals surface area contributed by atoms with Gasteiger partial charge in [0.15, 0.2) is 0 Å². The van der Waals surface area contributed by atoms with E-state index in [2.05, 4.69) is 9.71 Å². The Bertz CT molecular complexity index is 751. The minimum absolute atomic E-state index is 0.0657. The molecule has 0 aliphatic carbocycles. The number of anilines is 1. The highest BCUT2D eigenvalue weighted by Gasteiger charge is 2.22. The maximum absolute atomic E-state index is 12.3. The number of carbonyl (C=O) groups is 1. The summed E-state index contributed by atoms with van der Waals surface area (Å²) >= 11 is 0. The molecule has 0 aliphatic heterocycles. The summed E-state index contributed by atoms with van der Waals surface area (Å²) < 4.78 is 27.0. The number of nitrogens with two attached hydrogens (primary N) is 2. The third kappa shape index (κ3) is 2.91. The number of hydrogen-bond acceptors (Lipinski definition) is 4. The summed E-state index contributed by atoms with van der Waals surface area (Å²) in [5.41, 5.74) is 11.9. The maximum Gasteiger partial charge on any atom is 0.242 e. The molecule has 1 unspecified atom stereocenters. The summed E-state index contributed by atoms with van der Waals surface area (Å²) in [5.74, 6) is -0.566. The lowest BCUT2D eigenvalue weighted by Gasteiger charge is -2.12. The van der Waals surface area contributed by atoms with Gasteiger partial charge in [0.2, 0.25) is 15.9 Å². The average Bonchev–Trinajstić information content (AvgIpc) is 2.70. The standard InChI is InChI=1S/C12H16N4O3S/c1-7(4-12(14)17)16-20(18,19)11-6-15-10-3-2-8(13)5-9(10)11/h2-3,5-7,15-16H,4,13H2,1H3,(H2,14,17). The zero-order valence-electron chi connectivity index (χ0n) is 10.9. The normalized spacial score (nSPS) is 13.4. The lowest BCUT2D eigenvalue weighted by atomic mass is 10.2. The molecule has 20 heavy (non-hydrogen) atoms.